The summed E-state index contributed by atoms with van der Waals surface area (Å²) in [5.74, 6) is 1.11. The highest BCUT2D eigenvalue weighted by molar-refractivity contribution is 4.88. The molecule has 1 saturated carbocycles. The van der Waals surface area contributed by atoms with E-state index in [1.54, 1.807) is 0 Å². The average molecular weight is 221 g/mol. The smallest absolute Gasteiger partial charge is 0.106 e. The molecule has 90 valence electrons. The van der Waals surface area contributed by atoms with Gasteiger partial charge in [-0.1, -0.05) is 13.8 Å². The number of nitrogens with zero attached hydrogens (tertiary/aromatic N) is 1. The zero-order valence-electron chi connectivity index (χ0n) is 10.4. The molecule has 0 aliphatic heterocycles. The van der Waals surface area contributed by atoms with Gasteiger partial charge in [0.1, 0.15) is 5.82 Å². The number of aromatic nitrogens is 2. The second kappa shape index (κ2) is 5.00. The third kappa shape index (κ3) is 3.34. The van der Waals surface area contributed by atoms with Crippen LogP contribution in [0.2, 0.25) is 0 Å². The second-order valence-electron chi connectivity index (χ2n) is 5.70. The minimum atomic E-state index is 0.554. The Balaban J connectivity index is 1.59. The number of nitrogens with one attached hydrogen (secondary N) is 2. The molecule has 1 unspecified atom stereocenters. The summed E-state index contributed by atoms with van der Waals surface area (Å²) < 4.78 is 0. The fourth-order valence-electron chi connectivity index (χ4n) is 2.61. The van der Waals surface area contributed by atoms with Gasteiger partial charge < -0.3 is 10.3 Å². The lowest BCUT2D eigenvalue weighted by atomic mass is 9.92. The lowest BCUT2D eigenvalue weighted by molar-refractivity contribution is 0.364. The molecule has 0 spiro atoms. The van der Waals surface area contributed by atoms with Gasteiger partial charge in [0.25, 0.3) is 0 Å². The molecule has 0 amide bonds. The van der Waals surface area contributed by atoms with Crippen LogP contribution < -0.4 is 5.32 Å². The Hall–Kier alpha value is -0.830. The van der Waals surface area contributed by atoms with E-state index >= 15 is 0 Å². The first-order valence-electron chi connectivity index (χ1n) is 6.37. The van der Waals surface area contributed by atoms with Gasteiger partial charge in [-0.2, -0.15) is 0 Å². The van der Waals surface area contributed by atoms with Crippen molar-refractivity contribution in [2.75, 3.05) is 6.54 Å². The summed E-state index contributed by atoms with van der Waals surface area (Å²) in [6.45, 7) is 5.86. The fraction of sp³-hybridized carbons (Fsp3) is 0.769. The molecule has 0 saturated heterocycles. The van der Waals surface area contributed by atoms with Gasteiger partial charge in [0, 0.05) is 24.9 Å². The van der Waals surface area contributed by atoms with E-state index in [9.17, 15) is 0 Å². The van der Waals surface area contributed by atoms with Crippen molar-refractivity contribution in [3.8, 4) is 0 Å². The van der Waals surface area contributed by atoms with Crippen LogP contribution in [0.3, 0.4) is 0 Å². The molecule has 1 aliphatic rings. The van der Waals surface area contributed by atoms with E-state index in [-0.39, 0.29) is 0 Å². The molecule has 3 nitrogen and oxygen atoms in total. The van der Waals surface area contributed by atoms with Gasteiger partial charge in [0.15, 0.2) is 0 Å². The minimum absolute atomic E-state index is 0.554. The van der Waals surface area contributed by atoms with Crippen LogP contribution >= 0.6 is 0 Å². The Morgan fingerprint density at radius 1 is 1.56 bits per heavy atom. The summed E-state index contributed by atoms with van der Waals surface area (Å²) in [6.07, 6.45) is 9.97. The van der Waals surface area contributed by atoms with E-state index in [1.165, 1.54) is 25.7 Å². The van der Waals surface area contributed by atoms with Crippen LogP contribution in [0.5, 0.6) is 0 Å². The molecule has 1 aromatic rings. The van der Waals surface area contributed by atoms with Crippen LogP contribution in [-0.4, -0.2) is 22.6 Å². The van der Waals surface area contributed by atoms with Crippen LogP contribution in [0.25, 0.3) is 0 Å². The summed E-state index contributed by atoms with van der Waals surface area (Å²) >= 11 is 0. The molecule has 1 heterocycles. The second-order valence-corrected chi connectivity index (χ2v) is 5.70. The minimum Gasteiger partial charge on any atom is -0.349 e. The topological polar surface area (TPSA) is 40.7 Å². The zero-order chi connectivity index (χ0) is 11.4. The van der Waals surface area contributed by atoms with Crippen molar-refractivity contribution in [2.24, 2.45) is 5.41 Å². The molecule has 16 heavy (non-hydrogen) atoms. The first kappa shape index (κ1) is 11.6. The van der Waals surface area contributed by atoms with E-state index in [2.05, 4.69) is 29.1 Å². The molecule has 2 N–H and O–H groups in total. The molecule has 0 bridgehead atoms. The number of hydrogen-bond donors (Lipinski definition) is 2. The SMILES string of the molecule is CC1(C)CCC(NCCCc2ncc[nH]2)C1. The number of rotatable bonds is 5. The van der Waals surface area contributed by atoms with Gasteiger partial charge >= 0.3 is 0 Å². The van der Waals surface area contributed by atoms with Gasteiger partial charge in [0.2, 0.25) is 0 Å². The first-order valence-corrected chi connectivity index (χ1v) is 6.37. The third-order valence-electron chi connectivity index (χ3n) is 3.55. The number of aromatic amines is 1. The zero-order valence-corrected chi connectivity index (χ0v) is 10.4. The van der Waals surface area contributed by atoms with Crippen LogP contribution in [0.4, 0.5) is 0 Å². The summed E-state index contributed by atoms with van der Waals surface area (Å²) in [5, 5.41) is 3.66. The summed E-state index contributed by atoms with van der Waals surface area (Å²) in [4.78, 5) is 7.37. The van der Waals surface area contributed by atoms with Crippen molar-refractivity contribution in [1.82, 2.24) is 15.3 Å². The molecule has 3 heteroatoms. The summed E-state index contributed by atoms with van der Waals surface area (Å²) in [6, 6.07) is 0.742. The highest BCUT2D eigenvalue weighted by Gasteiger charge is 2.30. The highest BCUT2D eigenvalue weighted by atomic mass is 14.9. The number of H-pyrrole nitrogens is 1. The molecule has 1 atom stereocenters. The van der Waals surface area contributed by atoms with Crippen molar-refractivity contribution >= 4 is 0 Å². The average Bonchev–Trinajstić information content (AvgIpc) is 2.82. The Morgan fingerprint density at radius 2 is 2.44 bits per heavy atom. The highest BCUT2D eigenvalue weighted by Crippen LogP contribution is 2.36. The predicted octanol–water partition coefficient (Wildman–Crippen LogP) is 2.51. The van der Waals surface area contributed by atoms with Crippen molar-refractivity contribution in [1.29, 1.82) is 0 Å². The third-order valence-corrected chi connectivity index (χ3v) is 3.55. The van der Waals surface area contributed by atoms with Crippen molar-refractivity contribution in [3.63, 3.8) is 0 Å². The van der Waals surface area contributed by atoms with E-state index in [0.29, 0.717) is 5.41 Å². The van der Waals surface area contributed by atoms with Gasteiger partial charge in [-0.25, -0.2) is 4.98 Å². The van der Waals surface area contributed by atoms with Crippen LogP contribution in [0.1, 0.15) is 45.4 Å². The van der Waals surface area contributed by atoms with E-state index in [0.717, 1.165) is 24.8 Å². The molecule has 2 rings (SSSR count). The molecule has 1 aliphatic carbocycles. The van der Waals surface area contributed by atoms with Gasteiger partial charge in [-0.15, -0.1) is 0 Å². The molecular weight excluding hydrogens is 198 g/mol. The lowest BCUT2D eigenvalue weighted by Gasteiger charge is -2.17. The van der Waals surface area contributed by atoms with Crippen LogP contribution in [0, 0.1) is 5.41 Å². The maximum atomic E-state index is 4.23. The predicted molar refractivity (Wildman–Crippen MR) is 66.3 cm³/mol. The van der Waals surface area contributed by atoms with Crippen LogP contribution in [0.15, 0.2) is 12.4 Å². The Morgan fingerprint density at radius 3 is 3.06 bits per heavy atom. The first-order chi connectivity index (χ1) is 7.66. The Bertz CT molecular complexity index is 303. The molecule has 0 radical (unpaired) electrons. The van der Waals surface area contributed by atoms with E-state index < -0.39 is 0 Å². The van der Waals surface area contributed by atoms with Crippen molar-refractivity contribution < 1.29 is 0 Å². The Kier molecular flexibility index (Phi) is 3.64. The number of hydrogen-bond acceptors (Lipinski definition) is 2. The molecular formula is C13H23N3. The molecule has 1 aromatic heterocycles. The maximum Gasteiger partial charge on any atom is 0.106 e. The van der Waals surface area contributed by atoms with Gasteiger partial charge in [0.05, 0.1) is 0 Å². The lowest BCUT2D eigenvalue weighted by Crippen LogP contribution is -2.28. The summed E-state index contributed by atoms with van der Waals surface area (Å²) in [7, 11) is 0. The number of aryl methyl sites for hydroxylation is 1. The standard InChI is InChI=1S/C13H23N3/c1-13(2)6-5-11(10-13)14-7-3-4-12-15-8-9-16-12/h8-9,11,14H,3-7,10H2,1-2H3,(H,15,16). The number of imidazole rings is 1. The summed E-state index contributed by atoms with van der Waals surface area (Å²) in [5.41, 5.74) is 0.554. The van der Waals surface area contributed by atoms with Crippen LogP contribution in [-0.2, 0) is 6.42 Å². The normalized spacial score (nSPS) is 23.8. The van der Waals surface area contributed by atoms with E-state index in [4.69, 9.17) is 0 Å². The van der Waals surface area contributed by atoms with Crippen molar-refractivity contribution in [3.05, 3.63) is 18.2 Å². The fourth-order valence-corrected chi connectivity index (χ4v) is 2.61. The van der Waals surface area contributed by atoms with Gasteiger partial charge in [-0.3, -0.25) is 0 Å². The molecule has 0 aromatic carbocycles. The maximum absolute atomic E-state index is 4.23. The monoisotopic (exact) mass is 221 g/mol. The Labute approximate surface area is 98.1 Å². The molecule has 1 fully saturated rings. The quantitative estimate of drug-likeness (QED) is 0.750. The largest absolute Gasteiger partial charge is 0.349 e. The van der Waals surface area contributed by atoms with Crippen molar-refractivity contribution in [2.45, 2.75) is 52.0 Å². The van der Waals surface area contributed by atoms with Gasteiger partial charge in [-0.05, 0) is 37.6 Å². The van der Waals surface area contributed by atoms with E-state index in [1.807, 2.05) is 12.4 Å².